The Labute approximate surface area is 169 Å². The summed E-state index contributed by atoms with van der Waals surface area (Å²) in [6, 6.07) is 0. The normalized spacial score (nSPS) is 18.7. The number of halogens is 6. The van der Waals surface area contributed by atoms with E-state index in [1.165, 1.54) is 4.90 Å². The third-order valence-corrected chi connectivity index (χ3v) is 5.54. The van der Waals surface area contributed by atoms with E-state index in [2.05, 4.69) is 15.3 Å². The van der Waals surface area contributed by atoms with Crippen LogP contribution in [0.25, 0.3) is 0 Å². The summed E-state index contributed by atoms with van der Waals surface area (Å²) in [5.41, 5.74) is -0.886. The number of aliphatic imine (C=N–C) groups is 1. The molecule has 12 heteroatoms. The van der Waals surface area contributed by atoms with Gasteiger partial charge >= 0.3 is 12.4 Å². The second-order valence-electron chi connectivity index (χ2n) is 6.89. The van der Waals surface area contributed by atoms with Gasteiger partial charge in [0.05, 0.1) is 11.6 Å². The van der Waals surface area contributed by atoms with Crippen molar-refractivity contribution in [2.45, 2.75) is 32.1 Å². The van der Waals surface area contributed by atoms with Crippen LogP contribution in [-0.4, -0.2) is 73.2 Å². The van der Waals surface area contributed by atoms with Crippen molar-refractivity contribution in [2.24, 2.45) is 10.9 Å². The van der Waals surface area contributed by atoms with Gasteiger partial charge in [-0.3, -0.25) is 9.89 Å². The summed E-state index contributed by atoms with van der Waals surface area (Å²) in [5.74, 6) is 0.697. The first kappa shape index (κ1) is 23.7. The fourth-order valence-corrected chi connectivity index (χ4v) is 4.07. The smallest absolute Gasteiger partial charge is 0.356 e. The SMILES string of the molecule is CCN(CC1CCN(C(=NC)NCCc2nc(C(F)(F)F)cs2)C1)CC(F)(F)F. The second-order valence-corrected chi connectivity index (χ2v) is 7.83. The number of hydrogen-bond donors (Lipinski definition) is 1. The van der Waals surface area contributed by atoms with Crippen LogP contribution >= 0.6 is 11.3 Å². The van der Waals surface area contributed by atoms with E-state index in [4.69, 9.17) is 0 Å². The fourth-order valence-electron chi connectivity index (χ4n) is 3.27. The standard InChI is InChI=1S/C17H25F6N5S/c1-3-27(11-16(18,19)20)8-12-5-7-28(9-12)15(24-2)25-6-4-14-26-13(10-29-14)17(21,22)23/h10,12H,3-9,11H2,1-2H3,(H,24,25). The Morgan fingerprint density at radius 3 is 2.62 bits per heavy atom. The van der Waals surface area contributed by atoms with Crippen LogP contribution in [-0.2, 0) is 12.6 Å². The van der Waals surface area contributed by atoms with Gasteiger partial charge in [-0.1, -0.05) is 6.92 Å². The number of rotatable bonds is 7. The predicted octanol–water partition coefficient (Wildman–Crippen LogP) is 3.49. The molecule has 0 amide bonds. The Bertz CT molecular complexity index is 672. The van der Waals surface area contributed by atoms with Crippen LogP contribution < -0.4 is 5.32 Å². The van der Waals surface area contributed by atoms with E-state index < -0.39 is 24.6 Å². The minimum atomic E-state index is -4.44. The largest absolute Gasteiger partial charge is 0.434 e. The topological polar surface area (TPSA) is 43.8 Å². The Morgan fingerprint density at radius 2 is 2.07 bits per heavy atom. The van der Waals surface area contributed by atoms with E-state index in [1.54, 1.807) is 14.0 Å². The molecule has 1 saturated heterocycles. The molecule has 1 aromatic rings. The summed E-state index contributed by atoms with van der Waals surface area (Å²) in [6.07, 6.45) is -7.57. The molecule has 1 atom stereocenters. The summed E-state index contributed by atoms with van der Waals surface area (Å²) in [6.45, 7) is 3.11. The summed E-state index contributed by atoms with van der Waals surface area (Å²) >= 11 is 0.960. The Hall–Kier alpha value is -1.56. The molecule has 1 aliphatic heterocycles. The van der Waals surface area contributed by atoms with Crippen LogP contribution in [0.2, 0.25) is 0 Å². The van der Waals surface area contributed by atoms with Crippen LogP contribution in [0.3, 0.4) is 0 Å². The molecule has 0 bridgehead atoms. The first-order valence-corrected chi connectivity index (χ1v) is 10.2. The molecule has 1 fully saturated rings. The van der Waals surface area contributed by atoms with E-state index in [9.17, 15) is 26.3 Å². The van der Waals surface area contributed by atoms with Crippen molar-refractivity contribution < 1.29 is 26.3 Å². The van der Waals surface area contributed by atoms with Crippen molar-refractivity contribution in [1.29, 1.82) is 0 Å². The number of thiazole rings is 1. The van der Waals surface area contributed by atoms with Gasteiger partial charge in [-0.2, -0.15) is 26.3 Å². The molecule has 0 radical (unpaired) electrons. The minimum Gasteiger partial charge on any atom is -0.356 e. The maximum absolute atomic E-state index is 12.6. The summed E-state index contributed by atoms with van der Waals surface area (Å²) in [5, 5.41) is 4.48. The van der Waals surface area contributed by atoms with Gasteiger partial charge in [0, 0.05) is 45.0 Å². The molecule has 1 aliphatic rings. The van der Waals surface area contributed by atoms with Gasteiger partial charge in [-0.25, -0.2) is 4.98 Å². The van der Waals surface area contributed by atoms with Crippen molar-refractivity contribution in [3.05, 3.63) is 16.1 Å². The Balaban J connectivity index is 1.80. The number of guanidine groups is 1. The van der Waals surface area contributed by atoms with Gasteiger partial charge in [0.15, 0.2) is 11.7 Å². The van der Waals surface area contributed by atoms with Crippen molar-refractivity contribution in [2.75, 3.05) is 46.3 Å². The quantitative estimate of drug-likeness (QED) is 0.397. The highest BCUT2D eigenvalue weighted by Gasteiger charge is 2.34. The lowest BCUT2D eigenvalue weighted by atomic mass is 10.1. The monoisotopic (exact) mass is 445 g/mol. The van der Waals surface area contributed by atoms with Gasteiger partial charge in [-0.05, 0) is 18.9 Å². The first-order valence-electron chi connectivity index (χ1n) is 9.28. The number of nitrogens with one attached hydrogen (secondary N) is 1. The Morgan fingerprint density at radius 1 is 1.34 bits per heavy atom. The lowest BCUT2D eigenvalue weighted by Crippen LogP contribution is -2.42. The molecule has 5 nitrogen and oxygen atoms in total. The number of aromatic nitrogens is 1. The lowest BCUT2D eigenvalue weighted by molar-refractivity contribution is -0.146. The molecular weight excluding hydrogens is 420 g/mol. The molecule has 0 saturated carbocycles. The molecule has 29 heavy (non-hydrogen) atoms. The fraction of sp³-hybridized carbons (Fsp3) is 0.765. The maximum Gasteiger partial charge on any atom is 0.434 e. The third kappa shape index (κ3) is 7.65. The molecule has 1 aromatic heterocycles. The summed E-state index contributed by atoms with van der Waals surface area (Å²) in [7, 11) is 1.60. The van der Waals surface area contributed by atoms with Crippen LogP contribution in [0, 0.1) is 5.92 Å². The van der Waals surface area contributed by atoms with Crippen molar-refractivity contribution in [1.82, 2.24) is 20.1 Å². The van der Waals surface area contributed by atoms with Gasteiger partial charge in [0.1, 0.15) is 0 Å². The zero-order valence-corrected chi connectivity index (χ0v) is 17.1. The van der Waals surface area contributed by atoms with Crippen LogP contribution in [0.5, 0.6) is 0 Å². The van der Waals surface area contributed by atoms with Gasteiger partial charge in [0.2, 0.25) is 0 Å². The highest BCUT2D eigenvalue weighted by molar-refractivity contribution is 7.09. The van der Waals surface area contributed by atoms with Crippen LogP contribution in [0.1, 0.15) is 24.0 Å². The molecule has 1 unspecified atom stereocenters. The first-order chi connectivity index (χ1) is 13.5. The molecule has 0 aromatic carbocycles. The van der Waals surface area contributed by atoms with Gasteiger partial charge < -0.3 is 10.2 Å². The van der Waals surface area contributed by atoms with Crippen LogP contribution in [0.4, 0.5) is 26.3 Å². The van der Waals surface area contributed by atoms with E-state index in [-0.39, 0.29) is 5.92 Å². The Kier molecular flexibility index (Phi) is 8.15. The maximum atomic E-state index is 12.6. The molecule has 2 rings (SSSR count). The summed E-state index contributed by atoms with van der Waals surface area (Å²) < 4.78 is 75.6. The van der Waals surface area contributed by atoms with E-state index in [0.717, 1.165) is 23.1 Å². The number of hydrogen-bond acceptors (Lipinski definition) is 4. The summed E-state index contributed by atoms with van der Waals surface area (Å²) in [4.78, 5) is 11.1. The predicted molar refractivity (Wildman–Crippen MR) is 100 cm³/mol. The minimum absolute atomic E-state index is 0.101. The molecule has 166 valence electrons. The number of alkyl halides is 6. The van der Waals surface area contributed by atoms with E-state index in [1.807, 2.05) is 4.90 Å². The van der Waals surface area contributed by atoms with Crippen molar-refractivity contribution >= 4 is 17.3 Å². The van der Waals surface area contributed by atoms with E-state index >= 15 is 0 Å². The number of nitrogens with zero attached hydrogens (tertiary/aromatic N) is 4. The zero-order chi connectivity index (χ0) is 21.7. The van der Waals surface area contributed by atoms with Crippen LogP contribution in [0.15, 0.2) is 10.4 Å². The average molecular weight is 445 g/mol. The third-order valence-electron chi connectivity index (χ3n) is 4.63. The molecule has 2 heterocycles. The van der Waals surface area contributed by atoms with E-state index in [0.29, 0.717) is 50.1 Å². The number of likely N-dealkylation sites (tertiary alicyclic amines) is 1. The molecule has 0 spiro atoms. The second kappa shape index (κ2) is 9.96. The highest BCUT2D eigenvalue weighted by atomic mass is 32.1. The van der Waals surface area contributed by atoms with Gasteiger partial charge in [0.25, 0.3) is 0 Å². The zero-order valence-electron chi connectivity index (χ0n) is 16.3. The highest BCUT2D eigenvalue weighted by Crippen LogP contribution is 2.30. The molecule has 1 N–H and O–H groups in total. The molecular formula is C17H25F6N5S. The molecule has 0 aliphatic carbocycles. The van der Waals surface area contributed by atoms with Gasteiger partial charge in [-0.15, -0.1) is 11.3 Å². The van der Waals surface area contributed by atoms with Crippen molar-refractivity contribution in [3.63, 3.8) is 0 Å². The average Bonchev–Trinajstić information content (AvgIpc) is 3.26. The lowest BCUT2D eigenvalue weighted by Gasteiger charge is -2.26. The van der Waals surface area contributed by atoms with Crippen molar-refractivity contribution in [3.8, 4) is 0 Å².